The Balaban J connectivity index is 1.64. The van der Waals surface area contributed by atoms with Crippen LogP contribution >= 0.6 is 11.3 Å². The number of fused-ring (bicyclic) bond motifs is 1. The summed E-state index contributed by atoms with van der Waals surface area (Å²) in [5.74, 6) is 0.0459. The van der Waals surface area contributed by atoms with Gasteiger partial charge >= 0.3 is 5.97 Å². The summed E-state index contributed by atoms with van der Waals surface area (Å²) in [6, 6.07) is 16.6. The van der Waals surface area contributed by atoms with E-state index in [0.717, 1.165) is 10.3 Å². The number of hydrogen-bond acceptors (Lipinski definition) is 7. The van der Waals surface area contributed by atoms with Gasteiger partial charge in [-0.3, -0.25) is 10.1 Å². The highest BCUT2D eigenvalue weighted by atomic mass is 32.1. The van der Waals surface area contributed by atoms with Crippen LogP contribution < -0.4 is 19.5 Å². The summed E-state index contributed by atoms with van der Waals surface area (Å²) in [7, 11) is 3.09. The van der Waals surface area contributed by atoms with Gasteiger partial charge in [0.2, 0.25) is 6.10 Å². The number of benzene rings is 3. The normalized spacial score (nSPS) is 11.5. The molecule has 0 saturated carbocycles. The molecule has 3 aromatic carbocycles. The number of amides is 1. The number of nitrogens with one attached hydrogen (secondary N) is 1. The van der Waals surface area contributed by atoms with E-state index in [9.17, 15) is 14.7 Å². The number of thiazole rings is 1. The Labute approximate surface area is 205 Å². The van der Waals surface area contributed by atoms with E-state index in [4.69, 9.17) is 14.2 Å². The van der Waals surface area contributed by atoms with E-state index in [-0.39, 0.29) is 5.56 Å². The van der Waals surface area contributed by atoms with E-state index in [1.165, 1.54) is 30.6 Å². The van der Waals surface area contributed by atoms with Crippen molar-refractivity contribution in [2.75, 3.05) is 19.5 Å². The molecular formula is C26H22N2O6S. The number of nitrogens with zero attached hydrogens (tertiary/aromatic N) is 1. The van der Waals surface area contributed by atoms with Gasteiger partial charge in [-0.05, 0) is 29.8 Å². The predicted octanol–water partition coefficient (Wildman–Crippen LogP) is 5.41. The van der Waals surface area contributed by atoms with Gasteiger partial charge in [0.05, 0.1) is 30.0 Å². The van der Waals surface area contributed by atoms with Crippen LogP contribution in [0.3, 0.4) is 0 Å². The van der Waals surface area contributed by atoms with Gasteiger partial charge in [-0.15, -0.1) is 0 Å². The molecule has 0 aliphatic carbocycles. The molecule has 0 aliphatic heterocycles. The topological polar surface area (TPSA) is 107 Å². The van der Waals surface area contributed by atoms with E-state index < -0.39 is 18.0 Å². The Morgan fingerprint density at radius 3 is 2.29 bits per heavy atom. The van der Waals surface area contributed by atoms with Crippen LogP contribution in [0.1, 0.15) is 27.6 Å². The van der Waals surface area contributed by atoms with E-state index in [0.29, 0.717) is 33.5 Å². The molecule has 0 saturated heterocycles. The summed E-state index contributed by atoms with van der Waals surface area (Å²) < 4.78 is 17.5. The number of carboxylic acids is 1. The zero-order valence-electron chi connectivity index (χ0n) is 19.0. The summed E-state index contributed by atoms with van der Waals surface area (Å²) in [4.78, 5) is 29.1. The monoisotopic (exact) mass is 490 g/mol. The zero-order valence-corrected chi connectivity index (χ0v) is 19.8. The van der Waals surface area contributed by atoms with E-state index in [1.54, 1.807) is 49.6 Å². The summed E-state index contributed by atoms with van der Waals surface area (Å²) >= 11 is 1.28. The number of hydrogen-bond donors (Lipinski definition) is 2. The molecule has 2 N–H and O–H groups in total. The molecule has 4 aromatic rings. The van der Waals surface area contributed by atoms with Crippen molar-refractivity contribution >= 4 is 44.6 Å². The number of carboxylic acid groups (broad SMARTS) is 1. The summed E-state index contributed by atoms with van der Waals surface area (Å²) in [6.45, 7) is 3.73. The van der Waals surface area contributed by atoms with Gasteiger partial charge in [-0.2, -0.15) is 0 Å². The fraction of sp³-hybridized carbons (Fsp3) is 0.115. The molecule has 0 aliphatic rings. The second-order valence-electron chi connectivity index (χ2n) is 7.38. The number of aromatic nitrogens is 1. The molecule has 0 spiro atoms. The van der Waals surface area contributed by atoms with Crippen LogP contribution in [-0.2, 0) is 4.79 Å². The Bertz CT molecular complexity index is 1340. The third-order valence-corrected chi connectivity index (χ3v) is 6.13. The van der Waals surface area contributed by atoms with Crippen molar-refractivity contribution in [2.45, 2.75) is 6.10 Å². The maximum atomic E-state index is 13.3. The average Bonchev–Trinajstić information content (AvgIpc) is 3.27. The molecule has 0 bridgehead atoms. The molecule has 0 radical (unpaired) electrons. The summed E-state index contributed by atoms with van der Waals surface area (Å²) in [5.41, 5.74) is 2.15. The molecule has 1 unspecified atom stereocenters. The second kappa shape index (κ2) is 10.3. The lowest BCUT2D eigenvalue weighted by Crippen LogP contribution is -2.25. The van der Waals surface area contributed by atoms with Gasteiger partial charge in [0.25, 0.3) is 5.91 Å². The Morgan fingerprint density at radius 2 is 1.69 bits per heavy atom. The first-order valence-corrected chi connectivity index (χ1v) is 11.3. The molecule has 35 heavy (non-hydrogen) atoms. The number of aromatic carboxylic acids is 1. The minimum Gasteiger partial charge on any atom is -0.493 e. The standard InChI is InChI=1S/C26H22N2O6S/c1-4-15-5-11-18(12-6-15)34-23(16-7-9-17(10-8-16)25(30)31)24(29)28-26-27-19-13-20(32-2)21(33-3)14-22(19)35-26/h4-14,23H,1H2,2-3H3,(H,30,31)(H,27,28,29). The maximum absolute atomic E-state index is 13.3. The van der Waals surface area contributed by atoms with Gasteiger partial charge in [-0.1, -0.05) is 48.3 Å². The number of anilines is 1. The smallest absolute Gasteiger partial charge is 0.335 e. The first-order chi connectivity index (χ1) is 16.9. The van der Waals surface area contributed by atoms with Gasteiger partial charge in [-0.25, -0.2) is 9.78 Å². The third-order valence-electron chi connectivity index (χ3n) is 5.19. The van der Waals surface area contributed by atoms with Gasteiger partial charge in [0.15, 0.2) is 16.6 Å². The predicted molar refractivity (Wildman–Crippen MR) is 135 cm³/mol. The molecule has 1 atom stereocenters. The molecule has 0 fully saturated rings. The average molecular weight is 491 g/mol. The minimum absolute atomic E-state index is 0.109. The van der Waals surface area contributed by atoms with Crippen molar-refractivity contribution in [3.8, 4) is 17.2 Å². The SMILES string of the molecule is C=Cc1ccc(OC(C(=O)Nc2nc3cc(OC)c(OC)cc3s2)c2ccc(C(=O)O)cc2)cc1. The first kappa shape index (κ1) is 23.8. The maximum Gasteiger partial charge on any atom is 0.335 e. The van der Waals surface area contributed by atoms with Crippen LogP contribution in [0.5, 0.6) is 17.2 Å². The van der Waals surface area contributed by atoms with Gasteiger partial charge < -0.3 is 19.3 Å². The highest BCUT2D eigenvalue weighted by molar-refractivity contribution is 7.22. The fourth-order valence-corrected chi connectivity index (χ4v) is 4.25. The van der Waals surface area contributed by atoms with Crippen molar-refractivity contribution in [1.82, 2.24) is 4.98 Å². The Kier molecular flexibility index (Phi) is 6.98. The third kappa shape index (κ3) is 5.25. The highest BCUT2D eigenvalue weighted by Crippen LogP contribution is 2.36. The number of ether oxygens (including phenoxy) is 3. The molecule has 9 heteroatoms. The van der Waals surface area contributed by atoms with Crippen molar-refractivity contribution in [1.29, 1.82) is 0 Å². The molecule has 178 valence electrons. The van der Waals surface area contributed by atoms with Gasteiger partial charge in [0, 0.05) is 17.7 Å². The van der Waals surface area contributed by atoms with Crippen LogP contribution in [0.4, 0.5) is 5.13 Å². The van der Waals surface area contributed by atoms with Gasteiger partial charge in [0.1, 0.15) is 5.75 Å². The lowest BCUT2D eigenvalue weighted by atomic mass is 10.1. The first-order valence-electron chi connectivity index (χ1n) is 10.5. The van der Waals surface area contributed by atoms with Crippen LogP contribution in [0.2, 0.25) is 0 Å². The second-order valence-corrected chi connectivity index (χ2v) is 8.41. The molecule has 1 heterocycles. The van der Waals surface area contributed by atoms with E-state index in [2.05, 4.69) is 16.9 Å². The van der Waals surface area contributed by atoms with Crippen LogP contribution in [0.25, 0.3) is 16.3 Å². The number of carbonyl (C=O) groups is 2. The van der Waals surface area contributed by atoms with E-state index in [1.807, 2.05) is 12.1 Å². The number of carbonyl (C=O) groups excluding carboxylic acids is 1. The van der Waals surface area contributed by atoms with Crippen molar-refractivity contribution < 1.29 is 28.9 Å². The van der Waals surface area contributed by atoms with Crippen LogP contribution in [0.15, 0.2) is 67.2 Å². The fourth-order valence-electron chi connectivity index (χ4n) is 3.37. The van der Waals surface area contributed by atoms with E-state index >= 15 is 0 Å². The Morgan fingerprint density at radius 1 is 1.03 bits per heavy atom. The number of methoxy groups -OCH3 is 2. The minimum atomic E-state index is -1.06. The summed E-state index contributed by atoms with van der Waals surface area (Å²) in [6.07, 6.45) is 0.652. The molecule has 4 rings (SSSR count). The van der Waals surface area contributed by atoms with Crippen molar-refractivity contribution in [3.63, 3.8) is 0 Å². The number of rotatable bonds is 9. The summed E-state index contributed by atoms with van der Waals surface area (Å²) in [5, 5.41) is 12.4. The van der Waals surface area contributed by atoms with Crippen LogP contribution in [0, 0.1) is 0 Å². The Hall–Kier alpha value is -4.37. The zero-order chi connectivity index (χ0) is 24.9. The highest BCUT2D eigenvalue weighted by Gasteiger charge is 2.25. The quantitative estimate of drug-likeness (QED) is 0.323. The molecule has 1 amide bonds. The molecular weight excluding hydrogens is 468 g/mol. The van der Waals surface area contributed by atoms with Crippen LogP contribution in [-0.4, -0.2) is 36.2 Å². The molecule has 8 nitrogen and oxygen atoms in total. The van der Waals surface area contributed by atoms with Crippen molar-refractivity contribution in [3.05, 3.63) is 83.9 Å². The lowest BCUT2D eigenvalue weighted by molar-refractivity contribution is -0.123. The largest absolute Gasteiger partial charge is 0.493 e. The lowest BCUT2D eigenvalue weighted by Gasteiger charge is -2.19. The van der Waals surface area contributed by atoms with Crippen molar-refractivity contribution in [2.24, 2.45) is 0 Å². The molecule has 1 aromatic heterocycles.